The molecule has 0 aliphatic carbocycles. The normalized spacial score (nSPS) is 16.9. The maximum Gasteiger partial charge on any atom is 0.263 e. The van der Waals surface area contributed by atoms with Gasteiger partial charge in [-0.05, 0) is 37.8 Å². The molecular weight excluding hydrogens is 402 g/mol. The van der Waals surface area contributed by atoms with Crippen LogP contribution in [-0.4, -0.2) is 39.2 Å². The minimum absolute atomic E-state index is 0.00896. The third-order valence-corrected chi connectivity index (χ3v) is 8.10. The average Bonchev–Trinajstić information content (AvgIpc) is 3.19. The van der Waals surface area contributed by atoms with E-state index in [1.165, 1.54) is 22.2 Å². The number of nitrogens with zero attached hydrogens (tertiary/aromatic N) is 3. The number of aromatic nitrogens is 2. The van der Waals surface area contributed by atoms with Crippen molar-refractivity contribution < 1.29 is 4.79 Å². The summed E-state index contributed by atoms with van der Waals surface area (Å²) in [7, 11) is 1.83. The van der Waals surface area contributed by atoms with Gasteiger partial charge in [-0.1, -0.05) is 48.5 Å². The highest BCUT2D eigenvalue weighted by atomic mass is 32.2. The minimum atomic E-state index is -0.180. The molecule has 0 bridgehead atoms. The van der Waals surface area contributed by atoms with Crippen LogP contribution in [0.4, 0.5) is 0 Å². The predicted molar refractivity (Wildman–Crippen MR) is 120 cm³/mol. The van der Waals surface area contributed by atoms with Crippen molar-refractivity contribution in [3.05, 3.63) is 56.2 Å². The third kappa shape index (κ3) is 3.73. The molecule has 3 aromatic rings. The molecule has 1 unspecified atom stereocenters. The van der Waals surface area contributed by atoms with E-state index in [2.05, 4.69) is 19.1 Å². The number of benzene rings is 1. The van der Waals surface area contributed by atoms with E-state index in [0.717, 1.165) is 40.7 Å². The summed E-state index contributed by atoms with van der Waals surface area (Å²) in [5.74, 6) is 0.114. The van der Waals surface area contributed by atoms with E-state index in [4.69, 9.17) is 4.98 Å². The summed E-state index contributed by atoms with van der Waals surface area (Å²) in [6, 6.07) is 8.21. The van der Waals surface area contributed by atoms with E-state index in [9.17, 15) is 9.59 Å². The smallest absolute Gasteiger partial charge is 0.263 e. The first-order valence-electron chi connectivity index (χ1n) is 9.89. The molecular formula is C22H25N3O2S2. The zero-order valence-electron chi connectivity index (χ0n) is 17.2. The first kappa shape index (κ1) is 20.2. The quantitative estimate of drug-likeness (QED) is 0.578. The number of carbonyl (C=O) groups excluding carboxylic acids is 1. The largest absolute Gasteiger partial charge is 0.345 e. The van der Waals surface area contributed by atoms with Crippen molar-refractivity contribution in [1.29, 1.82) is 0 Å². The van der Waals surface area contributed by atoms with Crippen molar-refractivity contribution in [2.24, 2.45) is 0 Å². The lowest BCUT2D eigenvalue weighted by atomic mass is 10.1. The van der Waals surface area contributed by atoms with Crippen LogP contribution in [0.15, 0.2) is 34.2 Å². The molecule has 5 nitrogen and oxygen atoms in total. The van der Waals surface area contributed by atoms with Crippen LogP contribution >= 0.6 is 23.1 Å². The summed E-state index contributed by atoms with van der Waals surface area (Å²) in [6.45, 7) is 7.37. The van der Waals surface area contributed by atoms with Gasteiger partial charge < -0.3 is 4.90 Å². The molecule has 0 radical (unpaired) electrons. The van der Waals surface area contributed by atoms with Crippen LogP contribution in [-0.2, 0) is 17.8 Å². The summed E-state index contributed by atoms with van der Waals surface area (Å²) in [4.78, 5) is 34.6. The van der Waals surface area contributed by atoms with E-state index in [-0.39, 0.29) is 16.7 Å². The van der Waals surface area contributed by atoms with Gasteiger partial charge in [-0.15, -0.1) is 11.3 Å². The molecule has 152 valence electrons. The SMILES string of the molecule is CCc1sc2nc(SC3CCN(C)C3=O)n(Cc3ccc(C)cc3)c(=O)c2c1C. The number of fused-ring (bicyclic) bond motifs is 1. The van der Waals surface area contributed by atoms with Crippen molar-refractivity contribution in [1.82, 2.24) is 14.5 Å². The Bertz CT molecular complexity index is 1130. The molecule has 0 spiro atoms. The number of thiophene rings is 1. The van der Waals surface area contributed by atoms with Crippen molar-refractivity contribution in [3.8, 4) is 0 Å². The molecule has 1 amide bonds. The highest BCUT2D eigenvalue weighted by Crippen LogP contribution is 2.33. The lowest BCUT2D eigenvalue weighted by molar-refractivity contribution is -0.126. The average molecular weight is 428 g/mol. The Morgan fingerprint density at radius 2 is 1.93 bits per heavy atom. The van der Waals surface area contributed by atoms with Gasteiger partial charge in [-0.2, -0.15) is 0 Å². The van der Waals surface area contributed by atoms with E-state index < -0.39 is 0 Å². The first-order valence-corrected chi connectivity index (χ1v) is 11.6. The molecule has 29 heavy (non-hydrogen) atoms. The number of aryl methyl sites for hydroxylation is 3. The molecule has 1 atom stereocenters. The molecule has 1 saturated heterocycles. The van der Waals surface area contributed by atoms with Gasteiger partial charge >= 0.3 is 0 Å². The van der Waals surface area contributed by atoms with Crippen LogP contribution in [0.1, 0.15) is 34.9 Å². The molecule has 1 aliphatic rings. The Labute approximate surface area is 178 Å². The first-order chi connectivity index (χ1) is 13.9. The zero-order valence-corrected chi connectivity index (χ0v) is 18.8. The Hall–Kier alpha value is -2.12. The standard InChI is InChI=1S/C22H25N3O2S2/c1-5-16-14(3)18-19(28-16)23-22(29-17-10-11-24(4)20(17)26)25(21(18)27)12-15-8-6-13(2)7-9-15/h6-9,17H,5,10-12H2,1-4H3. The maximum atomic E-state index is 13.5. The van der Waals surface area contributed by atoms with Gasteiger partial charge in [0.2, 0.25) is 5.91 Å². The fraction of sp³-hybridized carbons (Fsp3) is 0.409. The lowest BCUT2D eigenvalue weighted by Crippen LogP contribution is -2.27. The van der Waals surface area contributed by atoms with Gasteiger partial charge in [-0.3, -0.25) is 14.2 Å². The Morgan fingerprint density at radius 3 is 2.55 bits per heavy atom. The fourth-order valence-electron chi connectivity index (χ4n) is 3.71. The molecule has 3 heterocycles. The second-order valence-corrected chi connectivity index (χ2v) is 9.86. The van der Waals surface area contributed by atoms with Crippen LogP contribution in [0, 0.1) is 13.8 Å². The number of hydrogen-bond donors (Lipinski definition) is 0. The fourth-order valence-corrected chi connectivity index (χ4v) is 6.06. The molecule has 1 fully saturated rings. The summed E-state index contributed by atoms with van der Waals surface area (Å²) >= 11 is 3.03. The van der Waals surface area contributed by atoms with Crippen LogP contribution in [0.5, 0.6) is 0 Å². The van der Waals surface area contributed by atoms with Crippen LogP contribution in [0.2, 0.25) is 0 Å². The molecule has 0 N–H and O–H groups in total. The molecule has 7 heteroatoms. The van der Waals surface area contributed by atoms with Gasteiger partial charge in [0.25, 0.3) is 5.56 Å². The van der Waals surface area contributed by atoms with Crippen LogP contribution in [0.25, 0.3) is 10.2 Å². The van der Waals surface area contributed by atoms with Crippen molar-refractivity contribution >= 4 is 39.2 Å². The number of rotatable bonds is 5. The monoisotopic (exact) mass is 427 g/mol. The Kier molecular flexibility index (Phi) is 5.53. The van der Waals surface area contributed by atoms with E-state index in [0.29, 0.717) is 11.7 Å². The second-order valence-electron chi connectivity index (χ2n) is 7.61. The summed E-state index contributed by atoms with van der Waals surface area (Å²) in [5.41, 5.74) is 3.27. The molecule has 1 aliphatic heterocycles. The topological polar surface area (TPSA) is 55.2 Å². The predicted octanol–water partition coefficient (Wildman–Crippen LogP) is 4.01. The van der Waals surface area contributed by atoms with Gasteiger partial charge in [0, 0.05) is 18.5 Å². The molecule has 0 saturated carbocycles. The second kappa shape index (κ2) is 7.95. The van der Waals surface area contributed by atoms with Crippen molar-refractivity contribution in [2.75, 3.05) is 13.6 Å². The highest BCUT2D eigenvalue weighted by Gasteiger charge is 2.31. The highest BCUT2D eigenvalue weighted by molar-refractivity contribution is 8.00. The van der Waals surface area contributed by atoms with Gasteiger partial charge in [0.15, 0.2) is 5.16 Å². The van der Waals surface area contributed by atoms with Gasteiger partial charge in [0.05, 0.1) is 17.2 Å². The van der Waals surface area contributed by atoms with E-state index in [1.807, 2.05) is 33.0 Å². The number of hydrogen-bond acceptors (Lipinski definition) is 5. The van der Waals surface area contributed by atoms with Gasteiger partial charge in [0.1, 0.15) is 4.83 Å². The Morgan fingerprint density at radius 1 is 1.21 bits per heavy atom. The van der Waals surface area contributed by atoms with Crippen LogP contribution in [0.3, 0.4) is 0 Å². The Balaban J connectivity index is 1.83. The van der Waals surface area contributed by atoms with Gasteiger partial charge in [-0.25, -0.2) is 4.98 Å². The molecule has 4 rings (SSSR count). The molecule has 1 aromatic carbocycles. The van der Waals surface area contributed by atoms with Crippen molar-refractivity contribution in [3.63, 3.8) is 0 Å². The van der Waals surface area contributed by atoms with Crippen molar-refractivity contribution in [2.45, 2.75) is 50.6 Å². The third-order valence-electron chi connectivity index (χ3n) is 5.52. The number of likely N-dealkylation sites (tertiary alicyclic amines) is 1. The summed E-state index contributed by atoms with van der Waals surface area (Å²) in [5, 5.41) is 1.18. The summed E-state index contributed by atoms with van der Waals surface area (Å²) in [6.07, 6.45) is 1.67. The van der Waals surface area contributed by atoms with E-state index in [1.54, 1.807) is 20.8 Å². The maximum absolute atomic E-state index is 13.5. The molecule has 2 aromatic heterocycles. The van der Waals surface area contributed by atoms with Crippen LogP contribution < -0.4 is 5.56 Å². The lowest BCUT2D eigenvalue weighted by Gasteiger charge is -2.15. The van der Waals surface area contributed by atoms with E-state index >= 15 is 0 Å². The minimum Gasteiger partial charge on any atom is -0.345 e. The number of thioether (sulfide) groups is 1. The zero-order chi connectivity index (χ0) is 20.7. The summed E-state index contributed by atoms with van der Waals surface area (Å²) < 4.78 is 1.75. The number of amides is 1. The number of carbonyl (C=O) groups is 1.